The second-order valence-electron chi connectivity index (χ2n) is 2.16. The Morgan fingerprint density at radius 1 is 1.08 bits per heavy atom. The summed E-state index contributed by atoms with van der Waals surface area (Å²) in [6.45, 7) is 8.00. The van der Waals surface area contributed by atoms with Gasteiger partial charge in [0.25, 0.3) is 0 Å². The van der Waals surface area contributed by atoms with E-state index in [9.17, 15) is 0 Å². The molecule has 0 radical (unpaired) electrons. The topological polar surface area (TPSA) is 0 Å². The quantitative estimate of drug-likeness (QED) is 0.456. The number of rotatable bonds is 0. The van der Waals surface area contributed by atoms with Crippen molar-refractivity contribution in [3.8, 4) is 0 Å². The molecule has 1 aliphatic carbocycles. The molecule has 0 heterocycles. The molecular formula is C11H21Mo-3. The first kappa shape index (κ1) is 18.1. The van der Waals surface area contributed by atoms with Gasteiger partial charge in [0.05, 0.1) is 0 Å². The minimum absolute atomic E-state index is 0. The van der Waals surface area contributed by atoms with Crippen LogP contribution in [0.15, 0.2) is 18.2 Å². The van der Waals surface area contributed by atoms with Gasteiger partial charge in [-0.15, -0.1) is 6.42 Å². The number of hydrogen-bond acceptors (Lipinski definition) is 0. The predicted octanol–water partition coefficient (Wildman–Crippen LogP) is 3.23. The fourth-order valence-corrected chi connectivity index (χ4v) is 0.340. The van der Waals surface area contributed by atoms with E-state index in [0.29, 0.717) is 0 Å². The van der Waals surface area contributed by atoms with Crippen molar-refractivity contribution in [1.29, 1.82) is 0 Å². The van der Waals surface area contributed by atoms with Gasteiger partial charge in [-0.2, -0.15) is 33.8 Å². The zero-order valence-electron chi connectivity index (χ0n) is 8.59. The van der Waals surface area contributed by atoms with Crippen LogP contribution in [0.1, 0.15) is 34.1 Å². The molecule has 0 aliphatic heterocycles. The molecule has 12 heavy (non-hydrogen) atoms. The SMILES string of the molecule is C[CH-]C.C[CH-]C.[C-]1=CC=CC1.[MoH2]. The number of hydrogen-bond donors (Lipinski definition) is 0. The Hall–Kier alpha value is 0.168. The summed E-state index contributed by atoms with van der Waals surface area (Å²) in [6.07, 6.45) is 14.0. The van der Waals surface area contributed by atoms with Crippen LogP contribution in [-0.2, 0) is 21.1 Å². The molecular weight excluding hydrogens is 228 g/mol. The van der Waals surface area contributed by atoms with Crippen LogP contribution < -0.4 is 0 Å². The zero-order chi connectivity index (χ0) is 8.95. The van der Waals surface area contributed by atoms with Gasteiger partial charge in [-0.1, -0.05) is 0 Å². The first-order valence-corrected chi connectivity index (χ1v) is 4.03. The fourth-order valence-electron chi connectivity index (χ4n) is 0.340. The van der Waals surface area contributed by atoms with Gasteiger partial charge in [-0.25, -0.2) is 12.2 Å². The van der Waals surface area contributed by atoms with Crippen LogP contribution in [0.25, 0.3) is 0 Å². The molecule has 0 saturated carbocycles. The minimum atomic E-state index is 0. The summed E-state index contributed by atoms with van der Waals surface area (Å²) in [5, 5.41) is 0. The molecule has 0 spiro atoms. The Morgan fingerprint density at radius 3 is 1.58 bits per heavy atom. The summed E-state index contributed by atoms with van der Waals surface area (Å²) < 4.78 is 0. The van der Waals surface area contributed by atoms with E-state index in [1.165, 1.54) is 0 Å². The summed E-state index contributed by atoms with van der Waals surface area (Å²) in [7, 11) is 0. The van der Waals surface area contributed by atoms with Crippen LogP contribution in [0.3, 0.4) is 0 Å². The Balaban J connectivity index is -0.000000104. The van der Waals surface area contributed by atoms with Gasteiger partial charge >= 0.3 is 21.1 Å². The van der Waals surface area contributed by atoms with Crippen molar-refractivity contribution in [2.75, 3.05) is 0 Å². The van der Waals surface area contributed by atoms with Crippen LogP contribution in [0.4, 0.5) is 0 Å². The van der Waals surface area contributed by atoms with Crippen LogP contribution in [-0.4, -0.2) is 0 Å². The van der Waals surface area contributed by atoms with E-state index in [2.05, 4.69) is 12.2 Å². The second-order valence-corrected chi connectivity index (χ2v) is 2.16. The first-order chi connectivity index (χ1) is 5.33. The summed E-state index contributed by atoms with van der Waals surface area (Å²) in [5.74, 6) is 0. The van der Waals surface area contributed by atoms with E-state index in [4.69, 9.17) is 0 Å². The molecule has 0 atom stereocenters. The molecule has 0 aromatic heterocycles. The molecule has 0 amide bonds. The van der Waals surface area contributed by atoms with Gasteiger partial charge < -0.3 is 12.8 Å². The molecule has 0 aromatic carbocycles. The van der Waals surface area contributed by atoms with E-state index >= 15 is 0 Å². The Labute approximate surface area is 92.4 Å². The summed E-state index contributed by atoms with van der Waals surface area (Å²) >= 11 is 0. The Morgan fingerprint density at radius 2 is 1.50 bits per heavy atom. The fraction of sp³-hybridized carbons (Fsp3) is 0.455. The predicted molar refractivity (Wildman–Crippen MR) is 55.7 cm³/mol. The van der Waals surface area contributed by atoms with Crippen molar-refractivity contribution >= 4 is 0 Å². The molecule has 0 aromatic rings. The van der Waals surface area contributed by atoms with Gasteiger partial charge in [0.15, 0.2) is 0 Å². The molecule has 0 fully saturated rings. The molecule has 1 rings (SSSR count). The van der Waals surface area contributed by atoms with Crippen LogP contribution in [0, 0.1) is 18.9 Å². The standard InChI is InChI=1S/C5H5.2C3H7.Mo.2H/c1-2-4-5-3-1;2*1-3-2;;;/h1-3H,4H2;2*3H,1-2H3;;;/q3*-1;;;. The molecule has 0 N–H and O–H groups in total. The van der Waals surface area contributed by atoms with Crippen molar-refractivity contribution in [3.05, 3.63) is 37.1 Å². The van der Waals surface area contributed by atoms with Gasteiger partial charge in [-0.05, 0) is 0 Å². The second kappa shape index (κ2) is 22.5. The molecule has 0 saturated heterocycles. The Kier molecular flexibility index (Phi) is 33.8. The van der Waals surface area contributed by atoms with Crippen LogP contribution in [0.5, 0.6) is 0 Å². The van der Waals surface area contributed by atoms with Gasteiger partial charge in [0.1, 0.15) is 0 Å². The van der Waals surface area contributed by atoms with Crippen molar-refractivity contribution in [2.45, 2.75) is 34.1 Å². The maximum absolute atomic E-state index is 2.99. The van der Waals surface area contributed by atoms with Crippen molar-refractivity contribution in [3.63, 3.8) is 0 Å². The monoisotopic (exact) mass is 251 g/mol. The maximum atomic E-state index is 2.99. The molecule has 1 aliphatic rings. The first-order valence-electron chi connectivity index (χ1n) is 4.03. The molecule has 0 unspecified atom stereocenters. The average Bonchev–Trinajstić information content (AvgIpc) is 2.44. The summed E-state index contributed by atoms with van der Waals surface area (Å²) in [4.78, 5) is 0. The van der Waals surface area contributed by atoms with E-state index in [1.54, 1.807) is 0 Å². The van der Waals surface area contributed by atoms with E-state index < -0.39 is 0 Å². The molecule has 0 bridgehead atoms. The average molecular weight is 249 g/mol. The zero-order valence-corrected chi connectivity index (χ0v) is 11.1. The normalized spacial score (nSPS) is 10.3. The number of allylic oxidation sites excluding steroid dienone is 4. The van der Waals surface area contributed by atoms with Crippen molar-refractivity contribution in [2.24, 2.45) is 0 Å². The van der Waals surface area contributed by atoms with Crippen LogP contribution >= 0.6 is 0 Å². The third-order valence-electron chi connectivity index (χ3n) is 0.586. The summed E-state index contributed by atoms with van der Waals surface area (Å²) in [6, 6.07) is 0. The third-order valence-corrected chi connectivity index (χ3v) is 0.586. The summed E-state index contributed by atoms with van der Waals surface area (Å²) in [5.41, 5.74) is 0. The van der Waals surface area contributed by atoms with Gasteiger partial charge in [0, 0.05) is 0 Å². The van der Waals surface area contributed by atoms with Gasteiger partial charge in [-0.3, -0.25) is 6.08 Å². The van der Waals surface area contributed by atoms with Crippen molar-refractivity contribution in [1.82, 2.24) is 0 Å². The van der Waals surface area contributed by atoms with E-state index in [0.717, 1.165) is 6.42 Å². The van der Waals surface area contributed by atoms with Crippen molar-refractivity contribution < 1.29 is 21.1 Å². The van der Waals surface area contributed by atoms with E-state index in [-0.39, 0.29) is 21.1 Å². The third kappa shape index (κ3) is 32.0. The Bertz CT molecular complexity index is 81.2. The molecule has 0 nitrogen and oxygen atoms in total. The van der Waals surface area contributed by atoms with E-state index in [1.807, 2.05) is 52.7 Å². The molecule has 74 valence electrons. The van der Waals surface area contributed by atoms with Gasteiger partial charge in [0.2, 0.25) is 0 Å². The van der Waals surface area contributed by atoms with Crippen LogP contribution in [0.2, 0.25) is 0 Å². The molecule has 1 heteroatoms.